The summed E-state index contributed by atoms with van der Waals surface area (Å²) in [7, 11) is 0. The van der Waals surface area contributed by atoms with Crippen LogP contribution in [0.25, 0.3) is 6.08 Å². The highest BCUT2D eigenvalue weighted by molar-refractivity contribution is 9.10. The first-order chi connectivity index (χ1) is 15.8. The molecule has 1 N–H and O–H groups in total. The van der Waals surface area contributed by atoms with Gasteiger partial charge in [-0.2, -0.15) is 0 Å². The third kappa shape index (κ3) is 4.29. The van der Waals surface area contributed by atoms with Crippen molar-refractivity contribution < 1.29 is 14.7 Å². The molecule has 1 amide bonds. The van der Waals surface area contributed by atoms with Gasteiger partial charge in [-0.3, -0.25) is 14.5 Å². The van der Waals surface area contributed by atoms with Crippen LogP contribution in [-0.4, -0.2) is 38.8 Å². The van der Waals surface area contributed by atoms with Gasteiger partial charge in [0.1, 0.15) is 4.32 Å². The van der Waals surface area contributed by atoms with Gasteiger partial charge in [0.25, 0.3) is 5.91 Å². The third-order valence-corrected chi connectivity index (χ3v) is 8.90. The zero-order chi connectivity index (χ0) is 23.3. The van der Waals surface area contributed by atoms with E-state index in [9.17, 15) is 9.59 Å². The fourth-order valence-electron chi connectivity index (χ4n) is 5.01. The molecule has 1 saturated heterocycles. The van der Waals surface area contributed by atoms with Gasteiger partial charge in [0.2, 0.25) is 0 Å². The normalized spacial score (nSPS) is 22.9. The van der Waals surface area contributed by atoms with Crippen molar-refractivity contribution in [3.8, 4) is 0 Å². The van der Waals surface area contributed by atoms with Gasteiger partial charge in [-0.05, 0) is 82.4 Å². The number of carboxylic acid groups (broad SMARTS) is 1. The van der Waals surface area contributed by atoms with Crippen molar-refractivity contribution in [1.29, 1.82) is 0 Å². The maximum atomic E-state index is 12.8. The smallest absolute Gasteiger partial charge is 0.305 e. The molecule has 170 valence electrons. The lowest BCUT2D eigenvalue weighted by Gasteiger charge is -2.28. The molecule has 2 aliphatic heterocycles. The summed E-state index contributed by atoms with van der Waals surface area (Å²) in [5.41, 5.74) is 4.64. The molecule has 2 aromatic carbocycles. The Hall–Kier alpha value is -1.68. The molecule has 2 unspecified atom stereocenters. The topological polar surface area (TPSA) is 60.9 Å². The molecule has 0 radical (unpaired) electrons. The number of thiocarbonyl (C=S) groups is 1. The lowest BCUT2D eigenvalue weighted by atomic mass is 9.96. The molecule has 5 rings (SSSR count). The maximum Gasteiger partial charge on any atom is 0.305 e. The molecular weight excluding hydrogens is 588 g/mol. The van der Waals surface area contributed by atoms with Crippen LogP contribution in [0.4, 0.5) is 11.4 Å². The number of halogens is 2. The van der Waals surface area contributed by atoms with Crippen LogP contribution in [0.3, 0.4) is 0 Å². The third-order valence-electron chi connectivity index (χ3n) is 6.39. The van der Waals surface area contributed by atoms with E-state index in [1.54, 1.807) is 0 Å². The maximum absolute atomic E-state index is 12.8. The van der Waals surface area contributed by atoms with E-state index in [0.717, 1.165) is 27.4 Å². The number of rotatable bonds is 5. The van der Waals surface area contributed by atoms with Crippen molar-refractivity contribution >= 4 is 89.5 Å². The van der Waals surface area contributed by atoms with Crippen LogP contribution in [0.15, 0.2) is 50.2 Å². The van der Waals surface area contributed by atoms with Crippen LogP contribution in [0.5, 0.6) is 0 Å². The number of amides is 1. The van der Waals surface area contributed by atoms with Gasteiger partial charge in [0.15, 0.2) is 0 Å². The van der Waals surface area contributed by atoms with Crippen LogP contribution in [0.1, 0.15) is 42.7 Å². The van der Waals surface area contributed by atoms with Gasteiger partial charge in [0.05, 0.1) is 17.0 Å². The van der Waals surface area contributed by atoms with E-state index in [1.165, 1.54) is 40.0 Å². The van der Waals surface area contributed by atoms with E-state index in [0.29, 0.717) is 21.2 Å². The second-order valence-electron chi connectivity index (χ2n) is 8.37. The number of thioether (sulfide) groups is 1. The van der Waals surface area contributed by atoms with E-state index >= 15 is 0 Å². The van der Waals surface area contributed by atoms with Gasteiger partial charge in [0, 0.05) is 33.1 Å². The summed E-state index contributed by atoms with van der Waals surface area (Å²) >= 11 is 13.9. The number of fused-ring (bicyclic) bond motifs is 3. The lowest BCUT2D eigenvalue weighted by Crippen LogP contribution is -2.30. The number of benzene rings is 2. The Kier molecular flexibility index (Phi) is 6.41. The highest BCUT2D eigenvalue weighted by Crippen LogP contribution is 2.55. The molecule has 0 aromatic heterocycles. The molecule has 0 bridgehead atoms. The van der Waals surface area contributed by atoms with Crippen molar-refractivity contribution in [1.82, 2.24) is 4.90 Å². The van der Waals surface area contributed by atoms with Gasteiger partial charge in [-0.1, -0.05) is 46.3 Å². The zero-order valence-electron chi connectivity index (χ0n) is 17.5. The molecule has 5 nitrogen and oxygen atoms in total. The van der Waals surface area contributed by atoms with E-state index in [4.69, 9.17) is 17.3 Å². The Bertz CT molecular complexity index is 1200. The number of nitrogens with zero attached hydrogens (tertiary/aromatic N) is 2. The molecule has 1 saturated carbocycles. The Morgan fingerprint density at radius 3 is 2.70 bits per heavy atom. The van der Waals surface area contributed by atoms with Crippen molar-refractivity contribution in [2.24, 2.45) is 0 Å². The van der Waals surface area contributed by atoms with E-state index in [1.807, 2.05) is 6.08 Å². The quantitative estimate of drug-likeness (QED) is 0.302. The fourth-order valence-corrected chi connectivity index (χ4v) is 7.27. The van der Waals surface area contributed by atoms with Crippen molar-refractivity contribution in [3.05, 3.63) is 61.4 Å². The number of hydrogen-bond donors (Lipinski definition) is 1. The summed E-state index contributed by atoms with van der Waals surface area (Å²) in [5, 5.41) is 8.95. The van der Waals surface area contributed by atoms with Crippen molar-refractivity contribution in [2.45, 2.75) is 37.6 Å². The Balaban J connectivity index is 1.49. The number of carbonyl (C=O) groups excluding carboxylic acids is 1. The molecule has 2 atom stereocenters. The molecule has 1 aliphatic carbocycles. The number of hydrogen-bond acceptors (Lipinski definition) is 5. The van der Waals surface area contributed by atoms with Crippen LogP contribution in [0, 0.1) is 0 Å². The van der Waals surface area contributed by atoms with Crippen LogP contribution in [0.2, 0.25) is 0 Å². The van der Waals surface area contributed by atoms with Crippen LogP contribution < -0.4 is 4.90 Å². The fraction of sp³-hybridized carbons (Fsp3) is 0.292. The summed E-state index contributed by atoms with van der Waals surface area (Å²) in [6.07, 6.45) is 5.25. The number of carbonyl (C=O) groups is 2. The molecule has 33 heavy (non-hydrogen) atoms. The van der Waals surface area contributed by atoms with Crippen LogP contribution >= 0.6 is 55.8 Å². The van der Waals surface area contributed by atoms with Gasteiger partial charge in [-0.15, -0.1) is 0 Å². The number of anilines is 2. The first kappa shape index (κ1) is 23.1. The Labute approximate surface area is 218 Å². The summed E-state index contributed by atoms with van der Waals surface area (Å²) in [6.45, 7) is 0.0944. The molecule has 2 aromatic rings. The van der Waals surface area contributed by atoms with Crippen molar-refractivity contribution in [3.63, 3.8) is 0 Å². The molecule has 3 aliphatic rings. The monoisotopic (exact) mass is 606 g/mol. The minimum Gasteiger partial charge on any atom is -0.481 e. The summed E-state index contributed by atoms with van der Waals surface area (Å²) in [4.78, 5) is 28.1. The molecule has 9 heteroatoms. The lowest BCUT2D eigenvalue weighted by molar-refractivity contribution is -0.137. The summed E-state index contributed by atoms with van der Waals surface area (Å²) in [5.74, 6) is -0.714. The zero-order valence-corrected chi connectivity index (χ0v) is 22.3. The Morgan fingerprint density at radius 2 is 1.97 bits per heavy atom. The average molecular weight is 608 g/mol. The highest BCUT2D eigenvalue weighted by atomic mass is 79.9. The standard InChI is InChI=1S/C24H20Br2N2O3S2/c25-14-4-6-15(7-5-14)28-19-3-1-2-16(19)17-10-13(11-18(26)22(17)28)12-20-23(31)27(24(32)33-20)9-8-21(29)30/h4-7,10-12,16,19H,1-3,8-9H2,(H,29,30)/b20-12+. The van der Waals surface area contributed by atoms with Crippen LogP contribution in [-0.2, 0) is 9.59 Å². The molecule has 2 fully saturated rings. The van der Waals surface area contributed by atoms with E-state index < -0.39 is 5.97 Å². The molecule has 2 heterocycles. The van der Waals surface area contributed by atoms with Crippen molar-refractivity contribution in [2.75, 3.05) is 11.4 Å². The van der Waals surface area contributed by atoms with Gasteiger partial charge >= 0.3 is 5.97 Å². The van der Waals surface area contributed by atoms with Gasteiger partial charge in [-0.25, -0.2) is 0 Å². The first-order valence-electron chi connectivity index (χ1n) is 10.7. The number of aliphatic carboxylic acids is 1. The first-order valence-corrected chi connectivity index (χ1v) is 13.5. The number of carboxylic acids is 1. The molecular formula is C24H20Br2N2O3S2. The summed E-state index contributed by atoms with van der Waals surface area (Å²) in [6, 6.07) is 13.1. The summed E-state index contributed by atoms with van der Waals surface area (Å²) < 4.78 is 2.47. The predicted molar refractivity (Wildman–Crippen MR) is 143 cm³/mol. The van der Waals surface area contributed by atoms with Gasteiger partial charge < -0.3 is 10.0 Å². The van der Waals surface area contributed by atoms with E-state index in [2.05, 4.69) is 73.2 Å². The van der Waals surface area contributed by atoms with E-state index in [-0.39, 0.29) is 18.9 Å². The highest BCUT2D eigenvalue weighted by Gasteiger charge is 2.43. The Morgan fingerprint density at radius 1 is 1.21 bits per heavy atom. The second kappa shape index (κ2) is 9.17. The minimum absolute atomic E-state index is 0.0944. The SMILES string of the molecule is O=C(O)CCN1C(=O)/C(=C\c2cc(Br)c3c(c2)C2CCCC2N3c2ccc(Br)cc2)SC1=S. The second-order valence-corrected chi connectivity index (χ2v) is 11.8. The largest absolute Gasteiger partial charge is 0.481 e. The molecule has 0 spiro atoms. The minimum atomic E-state index is -0.947. The average Bonchev–Trinajstić information content (AvgIpc) is 3.42. The predicted octanol–water partition coefficient (Wildman–Crippen LogP) is 6.68.